The van der Waals surface area contributed by atoms with Crippen LogP contribution in [0.1, 0.15) is 25.7 Å². The van der Waals surface area contributed by atoms with Crippen molar-refractivity contribution in [2.45, 2.75) is 25.7 Å². The standard InChI is InChI=1S/C10H14N2S2/c11-7-13-5-9-2-1-3-10(4-9)6-14-8-12/h9-10H,1-6H2. The third-order valence-electron chi connectivity index (χ3n) is 2.66. The minimum atomic E-state index is 0.706. The van der Waals surface area contributed by atoms with E-state index in [0.29, 0.717) is 11.8 Å². The average molecular weight is 226 g/mol. The SMILES string of the molecule is N#CSCC1CCCC(CSC#N)C1. The normalized spacial score (nSPS) is 26.4. The smallest absolute Gasteiger partial charge is 0.133 e. The third-order valence-corrected chi connectivity index (χ3v) is 4.19. The van der Waals surface area contributed by atoms with Crippen molar-refractivity contribution in [3.8, 4) is 10.8 Å². The van der Waals surface area contributed by atoms with E-state index in [1.807, 2.05) is 0 Å². The second kappa shape index (κ2) is 7.04. The lowest BCUT2D eigenvalue weighted by atomic mass is 9.83. The lowest BCUT2D eigenvalue weighted by Gasteiger charge is -2.27. The van der Waals surface area contributed by atoms with Crippen molar-refractivity contribution < 1.29 is 0 Å². The van der Waals surface area contributed by atoms with Crippen LogP contribution in [-0.4, -0.2) is 11.5 Å². The summed E-state index contributed by atoms with van der Waals surface area (Å²) in [5.41, 5.74) is 0. The minimum absolute atomic E-state index is 0.706. The summed E-state index contributed by atoms with van der Waals surface area (Å²) in [6, 6.07) is 0. The van der Waals surface area contributed by atoms with E-state index in [4.69, 9.17) is 10.5 Å². The Labute approximate surface area is 94.0 Å². The van der Waals surface area contributed by atoms with E-state index < -0.39 is 0 Å². The van der Waals surface area contributed by atoms with Crippen LogP contribution in [0.5, 0.6) is 0 Å². The molecular weight excluding hydrogens is 212 g/mol. The Morgan fingerprint density at radius 3 is 1.93 bits per heavy atom. The lowest BCUT2D eigenvalue weighted by molar-refractivity contribution is 0.309. The van der Waals surface area contributed by atoms with Gasteiger partial charge >= 0.3 is 0 Å². The molecule has 1 rings (SSSR count). The predicted octanol–water partition coefficient (Wildman–Crippen LogP) is 3.22. The first-order chi connectivity index (χ1) is 6.86. The van der Waals surface area contributed by atoms with Crippen molar-refractivity contribution in [2.24, 2.45) is 11.8 Å². The molecule has 14 heavy (non-hydrogen) atoms. The maximum Gasteiger partial charge on any atom is 0.133 e. The monoisotopic (exact) mass is 226 g/mol. The molecule has 2 atom stereocenters. The molecule has 1 fully saturated rings. The molecule has 0 radical (unpaired) electrons. The van der Waals surface area contributed by atoms with Gasteiger partial charge in [0.25, 0.3) is 0 Å². The minimum Gasteiger partial charge on any atom is -0.185 e. The summed E-state index contributed by atoms with van der Waals surface area (Å²) in [5, 5.41) is 21.2. The zero-order chi connectivity index (χ0) is 10.2. The van der Waals surface area contributed by atoms with Crippen LogP contribution in [0, 0.1) is 33.2 Å². The second-order valence-electron chi connectivity index (χ2n) is 3.70. The van der Waals surface area contributed by atoms with Crippen molar-refractivity contribution in [1.29, 1.82) is 10.5 Å². The van der Waals surface area contributed by atoms with Crippen LogP contribution < -0.4 is 0 Å². The number of hydrogen-bond donors (Lipinski definition) is 0. The van der Waals surface area contributed by atoms with Gasteiger partial charge in [0.15, 0.2) is 0 Å². The summed E-state index contributed by atoms with van der Waals surface area (Å²) in [7, 11) is 0. The molecule has 0 aromatic rings. The molecule has 1 saturated carbocycles. The third kappa shape index (κ3) is 4.26. The van der Waals surface area contributed by atoms with Crippen molar-refractivity contribution in [2.75, 3.05) is 11.5 Å². The topological polar surface area (TPSA) is 47.6 Å². The van der Waals surface area contributed by atoms with Crippen LogP contribution in [0.15, 0.2) is 0 Å². The van der Waals surface area contributed by atoms with E-state index in [-0.39, 0.29) is 0 Å². The molecular formula is C10H14N2S2. The molecule has 0 bridgehead atoms. The van der Waals surface area contributed by atoms with Crippen molar-refractivity contribution in [3.63, 3.8) is 0 Å². The highest BCUT2D eigenvalue weighted by Gasteiger charge is 2.21. The van der Waals surface area contributed by atoms with Gasteiger partial charge in [-0.25, -0.2) is 0 Å². The fraction of sp³-hybridized carbons (Fsp3) is 0.800. The maximum absolute atomic E-state index is 8.47. The molecule has 1 aliphatic carbocycles. The Morgan fingerprint density at radius 2 is 1.50 bits per heavy atom. The molecule has 0 aromatic carbocycles. The number of nitriles is 2. The molecule has 0 amide bonds. The number of thiocyanates is 2. The van der Waals surface area contributed by atoms with Gasteiger partial charge in [-0.1, -0.05) is 6.42 Å². The lowest BCUT2D eigenvalue weighted by Crippen LogP contribution is -2.18. The summed E-state index contributed by atoms with van der Waals surface area (Å²) in [4.78, 5) is 0. The van der Waals surface area contributed by atoms with Crippen LogP contribution in [0.3, 0.4) is 0 Å². The average Bonchev–Trinajstić information content (AvgIpc) is 2.24. The fourth-order valence-corrected chi connectivity index (χ4v) is 3.24. The molecule has 0 N–H and O–H groups in total. The van der Waals surface area contributed by atoms with Gasteiger partial charge in [0.1, 0.15) is 10.8 Å². The van der Waals surface area contributed by atoms with Gasteiger partial charge < -0.3 is 0 Å². The van der Waals surface area contributed by atoms with Crippen molar-refractivity contribution in [1.82, 2.24) is 0 Å². The Bertz CT molecular complexity index is 217. The van der Waals surface area contributed by atoms with Crippen molar-refractivity contribution in [3.05, 3.63) is 0 Å². The molecule has 0 aliphatic heterocycles. The van der Waals surface area contributed by atoms with Gasteiger partial charge in [-0.2, -0.15) is 10.5 Å². The molecule has 0 heterocycles. The van der Waals surface area contributed by atoms with E-state index in [2.05, 4.69) is 10.8 Å². The molecule has 4 heteroatoms. The number of rotatable bonds is 4. The Balaban J connectivity index is 2.22. The first-order valence-corrected chi connectivity index (χ1v) is 6.85. The first-order valence-electron chi connectivity index (χ1n) is 4.88. The van der Waals surface area contributed by atoms with Gasteiger partial charge in [-0.3, -0.25) is 0 Å². The molecule has 0 spiro atoms. The van der Waals surface area contributed by atoms with Gasteiger partial charge in [-0.15, -0.1) is 0 Å². The first kappa shape index (κ1) is 11.8. The summed E-state index contributed by atoms with van der Waals surface area (Å²) in [6.07, 6.45) is 5.02. The van der Waals surface area contributed by atoms with Crippen LogP contribution in [0.4, 0.5) is 0 Å². The van der Waals surface area contributed by atoms with Crippen molar-refractivity contribution >= 4 is 23.5 Å². The predicted molar refractivity (Wildman–Crippen MR) is 61.6 cm³/mol. The Morgan fingerprint density at radius 1 is 1.00 bits per heavy atom. The van der Waals surface area contributed by atoms with Gasteiger partial charge in [0, 0.05) is 11.5 Å². The van der Waals surface area contributed by atoms with E-state index in [0.717, 1.165) is 11.5 Å². The van der Waals surface area contributed by atoms with Crippen LogP contribution >= 0.6 is 23.5 Å². The molecule has 0 saturated heterocycles. The summed E-state index contributed by atoms with van der Waals surface area (Å²) in [5.74, 6) is 3.37. The summed E-state index contributed by atoms with van der Waals surface area (Å²) < 4.78 is 0. The summed E-state index contributed by atoms with van der Waals surface area (Å²) in [6.45, 7) is 0. The maximum atomic E-state index is 8.47. The molecule has 2 unspecified atom stereocenters. The highest BCUT2D eigenvalue weighted by molar-refractivity contribution is 8.03. The largest absolute Gasteiger partial charge is 0.185 e. The van der Waals surface area contributed by atoms with E-state index in [9.17, 15) is 0 Å². The van der Waals surface area contributed by atoms with Gasteiger partial charge in [0.05, 0.1) is 0 Å². The zero-order valence-corrected chi connectivity index (χ0v) is 9.74. The van der Waals surface area contributed by atoms with E-state index >= 15 is 0 Å². The molecule has 1 aliphatic rings. The Kier molecular flexibility index (Phi) is 5.91. The number of thioether (sulfide) groups is 2. The number of hydrogen-bond acceptors (Lipinski definition) is 4. The quantitative estimate of drug-likeness (QED) is 0.691. The van der Waals surface area contributed by atoms with Gasteiger partial charge in [-0.05, 0) is 54.6 Å². The van der Waals surface area contributed by atoms with E-state index in [1.165, 1.54) is 49.2 Å². The number of nitrogens with zero attached hydrogens (tertiary/aromatic N) is 2. The van der Waals surface area contributed by atoms with Crippen LogP contribution in [0.25, 0.3) is 0 Å². The highest BCUT2D eigenvalue weighted by atomic mass is 32.2. The second-order valence-corrected chi connectivity index (χ2v) is 5.31. The fourth-order valence-electron chi connectivity index (χ4n) is 2.02. The summed E-state index contributed by atoms with van der Waals surface area (Å²) >= 11 is 2.75. The molecule has 76 valence electrons. The van der Waals surface area contributed by atoms with Crippen LogP contribution in [0.2, 0.25) is 0 Å². The highest BCUT2D eigenvalue weighted by Crippen LogP contribution is 2.32. The van der Waals surface area contributed by atoms with Gasteiger partial charge in [0.2, 0.25) is 0 Å². The van der Waals surface area contributed by atoms with E-state index in [1.54, 1.807) is 0 Å². The zero-order valence-electron chi connectivity index (χ0n) is 8.11. The van der Waals surface area contributed by atoms with Crippen LogP contribution in [-0.2, 0) is 0 Å². The molecule has 2 nitrogen and oxygen atoms in total. The molecule has 0 aromatic heterocycles. The Hall–Kier alpha value is -0.320.